The van der Waals surface area contributed by atoms with Gasteiger partial charge in [-0.05, 0) is 37.3 Å². The molecule has 1 aromatic rings. The lowest BCUT2D eigenvalue weighted by molar-refractivity contribution is 0.689. The minimum atomic E-state index is 0.965. The van der Waals surface area contributed by atoms with Crippen LogP contribution in [0.5, 0.6) is 0 Å². The van der Waals surface area contributed by atoms with Crippen LogP contribution in [0.25, 0.3) is 0 Å². The largest absolute Gasteiger partial charge is 0.385 e. The number of rotatable bonds is 11. The van der Waals surface area contributed by atoms with E-state index in [1.165, 1.54) is 31.4 Å². The molecule has 19 heavy (non-hydrogen) atoms. The van der Waals surface area contributed by atoms with E-state index >= 15 is 0 Å². The van der Waals surface area contributed by atoms with E-state index in [1.54, 1.807) is 0 Å². The number of pyridine rings is 1. The average molecular weight is 281 g/mol. The highest BCUT2D eigenvalue weighted by atomic mass is 32.2. The molecule has 1 heterocycles. The molecule has 4 heteroatoms. The molecule has 0 atom stereocenters. The second-order valence-corrected chi connectivity index (χ2v) is 5.68. The number of hydrogen-bond donors (Lipinski definition) is 2. The third kappa shape index (κ3) is 7.98. The maximum Gasteiger partial charge on any atom is 0.127 e. The van der Waals surface area contributed by atoms with Gasteiger partial charge in [0.2, 0.25) is 0 Å². The van der Waals surface area contributed by atoms with Crippen LogP contribution in [-0.4, -0.2) is 30.1 Å². The van der Waals surface area contributed by atoms with Gasteiger partial charge in [-0.1, -0.05) is 19.8 Å². The highest BCUT2D eigenvalue weighted by molar-refractivity contribution is 7.98. The summed E-state index contributed by atoms with van der Waals surface area (Å²) < 4.78 is 0. The molecule has 0 saturated heterocycles. The standard InChI is InChI=1S/C15H27N3S/c1-3-9-17-15-13-14(8-11-18-15)16-10-6-4-5-7-12-19-2/h8,11,13H,3-7,9-10,12H2,1-2H3,(H2,16,17,18). The Morgan fingerprint density at radius 3 is 2.74 bits per heavy atom. The van der Waals surface area contributed by atoms with E-state index in [4.69, 9.17) is 0 Å². The van der Waals surface area contributed by atoms with Crippen molar-refractivity contribution in [3.05, 3.63) is 18.3 Å². The minimum Gasteiger partial charge on any atom is -0.385 e. The van der Waals surface area contributed by atoms with Crippen LogP contribution in [0.2, 0.25) is 0 Å². The van der Waals surface area contributed by atoms with Crippen LogP contribution >= 0.6 is 11.8 Å². The van der Waals surface area contributed by atoms with E-state index in [0.717, 1.165) is 31.0 Å². The molecule has 0 radical (unpaired) electrons. The molecule has 0 aliphatic carbocycles. The molecule has 3 nitrogen and oxygen atoms in total. The van der Waals surface area contributed by atoms with Crippen molar-refractivity contribution in [3.8, 4) is 0 Å². The van der Waals surface area contributed by atoms with Crippen molar-refractivity contribution in [2.45, 2.75) is 39.0 Å². The van der Waals surface area contributed by atoms with E-state index < -0.39 is 0 Å². The first-order valence-electron chi connectivity index (χ1n) is 7.29. The van der Waals surface area contributed by atoms with Crippen LogP contribution in [0, 0.1) is 0 Å². The Morgan fingerprint density at radius 2 is 1.95 bits per heavy atom. The van der Waals surface area contributed by atoms with E-state index in [-0.39, 0.29) is 0 Å². The number of thioether (sulfide) groups is 1. The second-order valence-electron chi connectivity index (χ2n) is 4.69. The fourth-order valence-electron chi connectivity index (χ4n) is 1.85. The SMILES string of the molecule is CCCNc1cc(NCCCCCCSC)ccn1. The Bertz CT molecular complexity index is 331. The molecular weight excluding hydrogens is 254 g/mol. The zero-order valence-corrected chi connectivity index (χ0v) is 13.1. The van der Waals surface area contributed by atoms with Crippen molar-refractivity contribution in [1.29, 1.82) is 0 Å². The molecule has 1 aromatic heterocycles. The third-order valence-corrected chi connectivity index (χ3v) is 3.62. The Labute approximate surface area is 122 Å². The Morgan fingerprint density at radius 1 is 1.11 bits per heavy atom. The van der Waals surface area contributed by atoms with E-state index in [0.29, 0.717) is 0 Å². The first-order valence-corrected chi connectivity index (χ1v) is 8.69. The predicted molar refractivity (Wildman–Crippen MR) is 88.4 cm³/mol. The fraction of sp³-hybridized carbons (Fsp3) is 0.667. The summed E-state index contributed by atoms with van der Waals surface area (Å²) in [5, 5.41) is 6.77. The normalized spacial score (nSPS) is 10.4. The van der Waals surface area contributed by atoms with Crippen LogP contribution < -0.4 is 10.6 Å². The number of unbranched alkanes of at least 4 members (excludes halogenated alkanes) is 3. The van der Waals surface area contributed by atoms with Gasteiger partial charge >= 0.3 is 0 Å². The van der Waals surface area contributed by atoms with Crippen LogP contribution in [0.1, 0.15) is 39.0 Å². The number of hydrogen-bond acceptors (Lipinski definition) is 4. The van der Waals surface area contributed by atoms with Crippen molar-refractivity contribution in [2.75, 3.05) is 35.7 Å². The Balaban J connectivity index is 2.14. The van der Waals surface area contributed by atoms with Gasteiger partial charge in [-0.3, -0.25) is 0 Å². The average Bonchev–Trinajstić information content (AvgIpc) is 2.44. The van der Waals surface area contributed by atoms with E-state index in [1.807, 2.05) is 24.0 Å². The maximum absolute atomic E-state index is 4.30. The zero-order chi connectivity index (χ0) is 13.8. The van der Waals surface area contributed by atoms with Crippen LogP contribution in [0.4, 0.5) is 11.5 Å². The van der Waals surface area contributed by atoms with Gasteiger partial charge in [-0.25, -0.2) is 4.98 Å². The van der Waals surface area contributed by atoms with Crippen LogP contribution in [-0.2, 0) is 0 Å². The van der Waals surface area contributed by atoms with Gasteiger partial charge < -0.3 is 10.6 Å². The zero-order valence-electron chi connectivity index (χ0n) is 12.2. The van der Waals surface area contributed by atoms with Crippen LogP contribution in [0.3, 0.4) is 0 Å². The molecule has 0 fully saturated rings. The highest BCUT2D eigenvalue weighted by Gasteiger charge is 1.96. The predicted octanol–water partition coefficient (Wildman–Crippen LogP) is 4.24. The lowest BCUT2D eigenvalue weighted by Gasteiger charge is -2.09. The molecule has 0 bridgehead atoms. The van der Waals surface area contributed by atoms with E-state index in [9.17, 15) is 0 Å². The lowest BCUT2D eigenvalue weighted by Crippen LogP contribution is -2.05. The molecule has 0 unspecified atom stereocenters. The fourth-order valence-corrected chi connectivity index (χ4v) is 2.34. The summed E-state index contributed by atoms with van der Waals surface area (Å²) >= 11 is 1.94. The molecule has 2 N–H and O–H groups in total. The summed E-state index contributed by atoms with van der Waals surface area (Å²) in [5.41, 5.74) is 1.16. The molecule has 108 valence electrons. The molecule has 0 aliphatic rings. The molecule has 0 saturated carbocycles. The molecule has 0 aromatic carbocycles. The van der Waals surface area contributed by atoms with Crippen LogP contribution in [0.15, 0.2) is 18.3 Å². The minimum absolute atomic E-state index is 0.965. The smallest absolute Gasteiger partial charge is 0.127 e. The molecule has 1 rings (SSSR count). The summed E-state index contributed by atoms with van der Waals surface area (Å²) in [5.74, 6) is 2.26. The summed E-state index contributed by atoms with van der Waals surface area (Å²) in [6.45, 7) is 4.19. The Hall–Kier alpha value is -0.900. The van der Waals surface area contributed by atoms with Gasteiger partial charge in [-0.2, -0.15) is 11.8 Å². The molecular formula is C15H27N3S. The monoisotopic (exact) mass is 281 g/mol. The number of nitrogens with one attached hydrogen (secondary N) is 2. The first-order chi connectivity index (χ1) is 9.36. The highest BCUT2D eigenvalue weighted by Crippen LogP contribution is 2.12. The molecule has 0 spiro atoms. The summed E-state index contributed by atoms with van der Waals surface area (Å²) in [6.07, 6.45) is 10.4. The van der Waals surface area contributed by atoms with Gasteiger partial charge in [0.05, 0.1) is 0 Å². The topological polar surface area (TPSA) is 37.0 Å². The number of anilines is 2. The van der Waals surface area contributed by atoms with Crippen molar-refractivity contribution in [1.82, 2.24) is 4.98 Å². The number of nitrogens with zero attached hydrogens (tertiary/aromatic N) is 1. The summed E-state index contributed by atoms with van der Waals surface area (Å²) in [7, 11) is 0. The van der Waals surface area contributed by atoms with Gasteiger partial charge in [0.15, 0.2) is 0 Å². The Kier molecular flexibility index (Phi) is 9.33. The van der Waals surface area contributed by atoms with Gasteiger partial charge in [0, 0.05) is 31.0 Å². The summed E-state index contributed by atoms with van der Waals surface area (Å²) in [4.78, 5) is 4.30. The first kappa shape index (κ1) is 16.2. The quantitative estimate of drug-likeness (QED) is 0.595. The van der Waals surface area contributed by atoms with Crippen molar-refractivity contribution < 1.29 is 0 Å². The van der Waals surface area contributed by atoms with Crippen molar-refractivity contribution in [2.24, 2.45) is 0 Å². The lowest BCUT2D eigenvalue weighted by atomic mass is 10.2. The van der Waals surface area contributed by atoms with Gasteiger partial charge in [0.25, 0.3) is 0 Å². The second kappa shape index (κ2) is 11.0. The summed E-state index contributed by atoms with van der Waals surface area (Å²) in [6, 6.07) is 4.12. The molecule has 0 aliphatic heterocycles. The number of aromatic nitrogens is 1. The van der Waals surface area contributed by atoms with Crippen molar-refractivity contribution in [3.63, 3.8) is 0 Å². The maximum atomic E-state index is 4.30. The van der Waals surface area contributed by atoms with Gasteiger partial charge in [0.1, 0.15) is 5.82 Å². The van der Waals surface area contributed by atoms with Gasteiger partial charge in [-0.15, -0.1) is 0 Å². The molecule has 0 amide bonds. The third-order valence-electron chi connectivity index (χ3n) is 2.92. The van der Waals surface area contributed by atoms with E-state index in [2.05, 4.69) is 34.9 Å². The van der Waals surface area contributed by atoms with Crippen molar-refractivity contribution >= 4 is 23.3 Å².